The van der Waals surface area contributed by atoms with E-state index < -0.39 is 0 Å². The molecule has 0 radical (unpaired) electrons. The van der Waals surface area contributed by atoms with E-state index in [4.69, 9.17) is 21.7 Å². The molecular weight excluding hydrogens is 380 g/mol. The average molecular weight is 405 g/mol. The lowest BCUT2D eigenvalue weighted by Gasteiger charge is -2.39. The fraction of sp³-hybridized carbons (Fsp3) is 0.208. The van der Waals surface area contributed by atoms with E-state index in [1.165, 1.54) is 16.7 Å². The Morgan fingerprint density at radius 3 is 2.21 bits per heavy atom. The highest BCUT2D eigenvalue weighted by Gasteiger charge is 2.31. The third-order valence-electron chi connectivity index (χ3n) is 5.27. The van der Waals surface area contributed by atoms with Gasteiger partial charge in [0.05, 0.1) is 20.3 Å². The maximum atomic E-state index is 5.83. The number of hydrogen-bond acceptors (Lipinski definition) is 3. The first kappa shape index (κ1) is 19.3. The van der Waals surface area contributed by atoms with Crippen LogP contribution in [0.5, 0.6) is 11.5 Å². The predicted octanol–water partition coefficient (Wildman–Crippen LogP) is 5.05. The van der Waals surface area contributed by atoms with Crippen molar-refractivity contribution < 1.29 is 9.47 Å². The smallest absolute Gasteiger partial charge is 0.174 e. The molecule has 5 heteroatoms. The SMILES string of the molecule is COc1cc2c(cc1OC)[C@H](c1ccccc1)N(C(=S)Nc1ccccc1)CC2. The molecule has 4 nitrogen and oxygen atoms in total. The first-order valence-corrected chi connectivity index (χ1v) is 10.0. The molecule has 0 unspecified atom stereocenters. The molecule has 0 fully saturated rings. The summed E-state index contributed by atoms with van der Waals surface area (Å²) in [6.07, 6.45) is 0.885. The van der Waals surface area contributed by atoms with Gasteiger partial charge in [-0.3, -0.25) is 0 Å². The molecule has 0 saturated heterocycles. The van der Waals surface area contributed by atoms with E-state index in [9.17, 15) is 0 Å². The zero-order valence-electron chi connectivity index (χ0n) is 16.6. The van der Waals surface area contributed by atoms with Crippen molar-refractivity contribution in [3.8, 4) is 11.5 Å². The van der Waals surface area contributed by atoms with Crippen molar-refractivity contribution >= 4 is 23.0 Å². The van der Waals surface area contributed by atoms with E-state index in [0.29, 0.717) is 5.11 Å². The maximum absolute atomic E-state index is 5.83. The Kier molecular flexibility index (Phi) is 5.67. The molecule has 148 valence electrons. The lowest BCUT2D eigenvalue weighted by atomic mass is 9.88. The van der Waals surface area contributed by atoms with Crippen molar-refractivity contribution in [2.24, 2.45) is 0 Å². The molecule has 0 amide bonds. The summed E-state index contributed by atoms with van der Waals surface area (Å²) < 4.78 is 11.1. The zero-order valence-corrected chi connectivity index (χ0v) is 17.4. The van der Waals surface area contributed by atoms with E-state index >= 15 is 0 Å². The monoisotopic (exact) mass is 404 g/mol. The summed E-state index contributed by atoms with van der Waals surface area (Å²) in [7, 11) is 3.34. The van der Waals surface area contributed by atoms with Crippen LogP contribution in [0.2, 0.25) is 0 Å². The summed E-state index contributed by atoms with van der Waals surface area (Å²) in [5.74, 6) is 1.49. The number of benzene rings is 3. The quantitative estimate of drug-likeness (QED) is 0.616. The summed E-state index contributed by atoms with van der Waals surface area (Å²) in [5.41, 5.74) is 4.63. The lowest BCUT2D eigenvalue weighted by molar-refractivity contribution is 0.330. The highest BCUT2D eigenvalue weighted by molar-refractivity contribution is 7.80. The van der Waals surface area contributed by atoms with E-state index in [1.54, 1.807) is 14.2 Å². The average Bonchev–Trinajstić information content (AvgIpc) is 2.78. The molecule has 0 spiro atoms. The largest absolute Gasteiger partial charge is 0.493 e. The van der Waals surface area contributed by atoms with Crippen molar-refractivity contribution in [3.05, 3.63) is 89.5 Å². The van der Waals surface area contributed by atoms with Gasteiger partial charge < -0.3 is 19.7 Å². The number of anilines is 1. The summed E-state index contributed by atoms with van der Waals surface area (Å²) in [4.78, 5) is 2.26. The fourth-order valence-corrected chi connectivity index (χ4v) is 4.19. The number of methoxy groups -OCH3 is 2. The molecule has 0 aromatic heterocycles. The number of thiocarbonyl (C=S) groups is 1. The molecule has 1 N–H and O–H groups in total. The topological polar surface area (TPSA) is 33.7 Å². The number of fused-ring (bicyclic) bond motifs is 1. The number of para-hydroxylation sites is 1. The van der Waals surface area contributed by atoms with Gasteiger partial charge in [-0.2, -0.15) is 0 Å². The van der Waals surface area contributed by atoms with Crippen molar-refractivity contribution in [3.63, 3.8) is 0 Å². The Bertz CT molecular complexity index is 993. The van der Waals surface area contributed by atoms with E-state index in [0.717, 1.165) is 30.2 Å². The molecule has 1 aliphatic heterocycles. The number of ether oxygens (including phenoxy) is 2. The first-order valence-electron chi connectivity index (χ1n) is 9.63. The Labute approximate surface area is 177 Å². The molecule has 1 atom stereocenters. The van der Waals surface area contributed by atoms with Gasteiger partial charge in [0.15, 0.2) is 16.6 Å². The van der Waals surface area contributed by atoms with Gasteiger partial charge in [-0.25, -0.2) is 0 Å². The summed E-state index contributed by atoms with van der Waals surface area (Å²) in [6.45, 7) is 0.820. The Hall–Kier alpha value is -3.05. The molecule has 0 saturated carbocycles. The van der Waals surface area contributed by atoms with Gasteiger partial charge in [-0.05, 0) is 59.6 Å². The van der Waals surface area contributed by atoms with Gasteiger partial charge in [-0.1, -0.05) is 48.5 Å². The molecule has 3 aromatic rings. The van der Waals surface area contributed by atoms with Crippen LogP contribution in [-0.4, -0.2) is 30.8 Å². The highest BCUT2D eigenvalue weighted by Crippen LogP contribution is 2.41. The van der Waals surface area contributed by atoms with Gasteiger partial charge >= 0.3 is 0 Å². The molecule has 1 aliphatic rings. The molecule has 4 rings (SSSR count). The second-order valence-corrected chi connectivity index (χ2v) is 7.35. The maximum Gasteiger partial charge on any atom is 0.174 e. The minimum Gasteiger partial charge on any atom is -0.493 e. The Morgan fingerprint density at radius 1 is 0.931 bits per heavy atom. The third-order valence-corrected chi connectivity index (χ3v) is 5.61. The number of nitrogens with zero attached hydrogens (tertiary/aromatic N) is 1. The first-order chi connectivity index (χ1) is 14.2. The minimum atomic E-state index is 0.00321. The van der Waals surface area contributed by atoms with Crippen molar-refractivity contribution in [2.75, 3.05) is 26.1 Å². The second kappa shape index (κ2) is 8.53. The number of hydrogen-bond donors (Lipinski definition) is 1. The van der Waals surface area contributed by atoms with Crippen LogP contribution in [0.25, 0.3) is 0 Å². The van der Waals surface area contributed by atoms with Crippen LogP contribution in [0.15, 0.2) is 72.8 Å². The van der Waals surface area contributed by atoms with Crippen LogP contribution in [0.4, 0.5) is 5.69 Å². The van der Waals surface area contributed by atoms with Crippen LogP contribution in [-0.2, 0) is 6.42 Å². The van der Waals surface area contributed by atoms with Gasteiger partial charge in [-0.15, -0.1) is 0 Å². The Balaban J connectivity index is 1.76. The van der Waals surface area contributed by atoms with E-state index in [2.05, 4.69) is 46.6 Å². The molecular formula is C24H24N2O2S. The highest BCUT2D eigenvalue weighted by atomic mass is 32.1. The van der Waals surface area contributed by atoms with Gasteiger partial charge in [0, 0.05) is 12.2 Å². The molecule has 0 aliphatic carbocycles. The van der Waals surface area contributed by atoms with Crippen LogP contribution in [0, 0.1) is 0 Å². The lowest BCUT2D eigenvalue weighted by Crippen LogP contribution is -2.42. The summed E-state index contributed by atoms with van der Waals surface area (Å²) in [5, 5.41) is 4.11. The minimum absolute atomic E-state index is 0.00321. The van der Waals surface area contributed by atoms with Gasteiger partial charge in [0.2, 0.25) is 0 Å². The van der Waals surface area contributed by atoms with E-state index in [-0.39, 0.29) is 6.04 Å². The van der Waals surface area contributed by atoms with Crippen LogP contribution in [0.3, 0.4) is 0 Å². The van der Waals surface area contributed by atoms with Gasteiger partial charge in [0.1, 0.15) is 0 Å². The van der Waals surface area contributed by atoms with Crippen LogP contribution >= 0.6 is 12.2 Å². The molecule has 3 aromatic carbocycles. The number of rotatable bonds is 4. The third kappa shape index (κ3) is 3.91. The van der Waals surface area contributed by atoms with Crippen molar-refractivity contribution in [1.29, 1.82) is 0 Å². The van der Waals surface area contributed by atoms with Crippen LogP contribution < -0.4 is 14.8 Å². The number of nitrogens with one attached hydrogen (secondary N) is 1. The van der Waals surface area contributed by atoms with Gasteiger partial charge in [0.25, 0.3) is 0 Å². The second-order valence-electron chi connectivity index (χ2n) is 6.96. The van der Waals surface area contributed by atoms with E-state index in [1.807, 2.05) is 36.4 Å². The summed E-state index contributed by atoms with van der Waals surface area (Å²) >= 11 is 5.83. The molecule has 1 heterocycles. The Morgan fingerprint density at radius 2 is 1.55 bits per heavy atom. The molecule has 29 heavy (non-hydrogen) atoms. The molecule has 0 bridgehead atoms. The normalized spacial score (nSPS) is 15.4. The predicted molar refractivity (Wildman–Crippen MR) is 121 cm³/mol. The standard InChI is InChI=1S/C24H24N2O2S/c1-27-21-15-18-13-14-26(24(29)25-19-11-7-4-8-12-19)23(17-9-5-3-6-10-17)20(18)16-22(21)28-2/h3-12,15-16,23H,13-14H2,1-2H3,(H,25,29)/t23-/m0/s1. The zero-order chi connectivity index (χ0) is 20.2. The summed E-state index contributed by atoms with van der Waals surface area (Å²) in [6, 6.07) is 24.7. The van der Waals surface area contributed by atoms with Crippen molar-refractivity contribution in [1.82, 2.24) is 4.90 Å². The van der Waals surface area contributed by atoms with Crippen molar-refractivity contribution in [2.45, 2.75) is 12.5 Å². The fourth-order valence-electron chi connectivity index (χ4n) is 3.88. The van der Waals surface area contributed by atoms with Crippen LogP contribution in [0.1, 0.15) is 22.7 Å².